The summed E-state index contributed by atoms with van der Waals surface area (Å²) < 4.78 is 10.9. The second kappa shape index (κ2) is 8.30. The molecular weight excluding hydrogens is 286 g/mol. The number of ether oxygens (including phenoxy) is 2. The van der Waals surface area contributed by atoms with Gasteiger partial charge in [0.05, 0.1) is 12.1 Å². The van der Waals surface area contributed by atoms with Crippen LogP contribution in [0, 0.1) is 0 Å². The Morgan fingerprint density at radius 2 is 2.10 bits per heavy atom. The molecule has 0 atom stereocenters. The first-order valence-corrected chi connectivity index (χ1v) is 7.96. The highest BCUT2D eigenvalue weighted by Crippen LogP contribution is 2.36. The molecule has 1 saturated carbocycles. The minimum atomic E-state index is 0.412. The Kier molecular flexibility index (Phi) is 6.40. The van der Waals surface area contributed by atoms with Crippen LogP contribution in [0.1, 0.15) is 37.7 Å². The maximum absolute atomic E-state index is 6.30. The molecular formula is C17H24ClNO2. The summed E-state index contributed by atoms with van der Waals surface area (Å²) in [7, 11) is 1.63. The summed E-state index contributed by atoms with van der Waals surface area (Å²) in [6, 6.07) is 4.55. The van der Waals surface area contributed by atoms with Gasteiger partial charge < -0.3 is 14.8 Å². The molecule has 0 saturated heterocycles. The maximum Gasteiger partial charge on any atom is 0.180 e. The van der Waals surface area contributed by atoms with Crippen molar-refractivity contribution in [3.05, 3.63) is 35.4 Å². The first kappa shape index (κ1) is 16.2. The molecule has 1 aliphatic carbocycles. The van der Waals surface area contributed by atoms with Gasteiger partial charge in [0.15, 0.2) is 11.5 Å². The molecule has 0 heterocycles. The molecule has 1 N–H and O–H groups in total. The molecule has 0 spiro atoms. The quantitative estimate of drug-likeness (QED) is 0.760. The predicted octanol–water partition coefficient (Wildman–Crippen LogP) is 4.34. The van der Waals surface area contributed by atoms with Gasteiger partial charge >= 0.3 is 0 Å². The van der Waals surface area contributed by atoms with Gasteiger partial charge in [-0.1, -0.05) is 43.5 Å². The lowest BCUT2D eigenvalue weighted by Gasteiger charge is -2.23. The summed E-state index contributed by atoms with van der Waals surface area (Å²) in [6.07, 6.45) is 8.25. The smallest absolute Gasteiger partial charge is 0.180 e. The van der Waals surface area contributed by atoms with Crippen LogP contribution in [0.4, 0.5) is 0 Å². The molecule has 2 rings (SSSR count). The fraction of sp³-hybridized carbons (Fsp3) is 0.529. The van der Waals surface area contributed by atoms with E-state index >= 15 is 0 Å². The lowest BCUT2D eigenvalue weighted by Crippen LogP contribution is -2.30. The molecule has 0 unspecified atom stereocenters. The molecule has 116 valence electrons. The van der Waals surface area contributed by atoms with Crippen molar-refractivity contribution >= 4 is 11.6 Å². The highest BCUT2D eigenvalue weighted by Gasteiger charge is 2.15. The zero-order valence-electron chi connectivity index (χ0n) is 12.7. The fourth-order valence-corrected chi connectivity index (χ4v) is 3.01. The summed E-state index contributed by atoms with van der Waals surface area (Å²) in [5.74, 6) is 1.25. The minimum absolute atomic E-state index is 0.412. The molecule has 0 radical (unpaired) electrons. The van der Waals surface area contributed by atoms with Crippen LogP contribution < -0.4 is 14.8 Å². The van der Waals surface area contributed by atoms with Crippen molar-refractivity contribution in [3.8, 4) is 11.5 Å². The van der Waals surface area contributed by atoms with E-state index in [2.05, 4.69) is 11.9 Å². The first-order valence-electron chi connectivity index (χ1n) is 7.58. The SMILES string of the molecule is C=CCOc1c(Cl)cc(CNC2CCCCC2)cc1OC. The van der Waals surface area contributed by atoms with E-state index in [1.165, 1.54) is 32.1 Å². The van der Waals surface area contributed by atoms with Gasteiger partial charge in [0.2, 0.25) is 0 Å². The second-order valence-corrected chi connectivity index (χ2v) is 5.83. The Morgan fingerprint density at radius 3 is 2.76 bits per heavy atom. The van der Waals surface area contributed by atoms with E-state index in [4.69, 9.17) is 21.1 Å². The molecule has 3 nitrogen and oxygen atoms in total. The van der Waals surface area contributed by atoms with E-state index in [1.54, 1.807) is 13.2 Å². The largest absolute Gasteiger partial charge is 0.493 e. The van der Waals surface area contributed by atoms with E-state index in [1.807, 2.05) is 12.1 Å². The Morgan fingerprint density at radius 1 is 1.33 bits per heavy atom. The number of hydrogen-bond donors (Lipinski definition) is 1. The van der Waals surface area contributed by atoms with Crippen LogP contribution in [0.25, 0.3) is 0 Å². The third kappa shape index (κ3) is 4.65. The van der Waals surface area contributed by atoms with Crippen LogP contribution in [0.3, 0.4) is 0 Å². The Balaban J connectivity index is 2.02. The Bertz CT molecular complexity index is 470. The van der Waals surface area contributed by atoms with E-state index < -0.39 is 0 Å². The first-order chi connectivity index (χ1) is 10.2. The number of hydrogen-bond acceptors (Lipinski definition) is 3. The molecule has 1 fully saturated rings. The molecule has 1 aromatic carbocycles. The normalized spacial score (nSPS) is 15.7. The van der Waals surface area contributed by atoms with Gasteiger partial charge in [-0.2, -0.15) is 0 Å². The number of methoxy groups -OCH3 is 1. The molecule has 4 heteroatoms. The van der Waals surface area contributed by atoms with Crippen LogP contribution in [0.5, 0.6) is 11.5 Å². The number of rotatable bonds is 7. The van der Waals surface area contributed by atoms with Crippen molar-refractivity contribution in [2.45, 2.75) is 44.7 Å². The predicted molar refractivity (Wildman–Crippen MR) is 87.4 cm³/mol. The van der Waals surface area contributed by atoms with Gasteiger partial charge in [0.25, 0.3) is 0 Å². The Labute approximate surface area is 132 Å². The summed E-state index contributed by atoms with van der Waals surface area (Å²) in [6.45, 7) is 4.86. The molecule has 0 bridgehead atoms. The maximum atomic E-state index is 6.30. The van der Waals surface area contributed by atoms with Gasteiger partial charge in [0, 0.05) is 12.6 Å². The minimum Gasteiger partial charge on any atom is -0.493 e. The van der Waals surface area contributed by atoms with Crippen LogP contribution in [0.15, 0.2) is 24.8 Å². The average molecular weight is 310 g/mol. The van der Waals surface area contributed by atoms with E-state index in [0.717, 1.165) is 12.1 Å². The average Bonchev–Trinajstić information content (AvgIpc) is 2.52. The van der Waals surface area contributed by atoms with Gasteiger partial charge in [-0.25, -0.2) is 0 Å². The summed E-state index contributed by atoms with van der Waals surface area (Å²) >= 11 is 6.30. The lowest BCUT2D eigenvalue weighted by atomic mass is 9.95. The van der Waals surface area contributed by atoms with Crippen LogP contribution >= 0.6 is 11.6 Å². The summed E-state index contributed by atoms with van der Waals surface area (Å²) in [4.78, 5) is 0. The third-order valence-corrected chi connectivity index (χ3v) is 4.12. The standard InChI is InChI=1S/C17H24ClNO2/c1-3-9-21-17-15(18)10-13(11-16(17)20-2)12-19-14-7-5-4-6-8-14/h3,10-11,14,19H,1,4-9,12H2,2H3. The summed E-state index contributed by atoms with van der Waals surface area (Å²) in [5.41, 5.74) is 1.12. The van der Waals surface area contributed by atoms with Gasteiger partial charge in [-0.3, -0.25) is 0 Å². The molecule has 21 heavy (non-hydrogen) atoms. The van der Waals surface area contributed by atoms with Crippen molar-refractivity contribution in [3.63, 3.8) is 0 Å². The van der Waals surface area contributed by atoms with E-state index in [9.17, 15) is 0 Å². The molecule has 0 amide bonds. The highest BCUT2D eigenvalue weighted by molar-refractivity contribution is 6.32. The van der Waals surface area contributed by atoms with Gasteiger partial charge in [0.1, 0.15) is 6.61 Å². The molecule has 1 aliphatic rings. The highest BCUT2D eigenvalue weighted by atomic mass is 35.5. The molecule has 0 aromatic heterocycles. The van der Waals surface area contributed by atoms with Crippen molar-refractivity contribution < 1.29 is 9.47 Å². The van der Waals surface area contributed by atoms with E-state index in [-0.39, 0.29) is 0 Å². The second-order valence-electron chi connectivity index (χ2n) is 5.42. The summed E-state index contributed by atoms with van der Waals surface area (Å²) in [5, 5.41) is 4.19. The fourth-order valence-electron chi connectivity index (χ4n) is 2.73. The van der Waals surface area contributed by atoms with Gasteiger partial charge in [-0.15, -0.1) is 0 Å². The third-order valence-electron chi connectivity index (χ3n) is 3.83. The number of halogens is 1. The van der Waals surface area contributed by atoms with Crippen LogP contribution in [-0.4, -0.2) is 19.8 Å². The molecule has 1 aromatic rings. The van der Waals surface area contributed by atoms with E-state index in [0.29, 0.717) is 29.2 Å². The van der Waals surface area contributed by atoms with Crippen molar-refractivity contribution in [2.75, 3.05) is 13.7 Å². The van der Waals surface area contributed by atoms with Crippen LogP contribution in [-0.2, 0) is 6.54 Å². The van der Waals surface area contributed by atoms with Gasteiger partial charge in [-0.05, 0) is 30.5 Å². The zero-order valence-corrected chi connectivity index (χ0v) is 13.4. The lowest BCUT2D eigenvalue weighted by molar-refractivity contribution is 0.326. The number of benzene rings is 1. The van der Waals surface area contributed by atoms with Crippen molar-refractivity contribution in [1.29, 1.82) is 0 Å². The van der Waals surface area contributed by atoms with Crippen molar-refractivity contribution in [1.82, 2.24) is 5.32 Å². The zero-order chi connectivity index (χ0) is 15.1. The van der Waals surface area contributed by atoms with Crippen molar-refractivity contribution in [2.24, 2.45) is 0 Å². The van der Waals surface area contributed by atoms with Crippen LogP contribution in [0.2, 0.25) is 5.02 Å². The topological polar surface area (TPSA) is 30.5 Å². The number of nitrogens with one attached hydrogen (secondary N) is 1. The molecule has 0 aliphatic heterocycles. The Hall–Kier alpha value is -1.19. The monoisotopic (exact) mass is 309 g/mol.